The Morgan fingerprint density at radius 1 is 1.25 bits per heavy atom. The second kappa shape index (κ2) is 8.08. The minimum atomic E-state index is -1.58. The highest BCUT2D eigenvalue weighted by Crippen LogP contribution is 2.32. The number of halogens is 3. The van der Waals surface area contributed by atoms with Gasteiger partial charge in [0.25, 0.3) is 5.91 Å². The first kappa shape index (κ1) is 17.6. The van der Waals surface area contributed by atoms with Gasteiger partial charge in [0, 0.05) is 18.7 Å². The van der Waals surface area contributed by atoms with Crippen molar-refractivity contribution in [2.75, 3.05) is 13.2 Å². The van der Waals surface area contributed by atoms with Crippen molar-refractivity contribution in [2.45, 2.75) is 23.7 Å². The van der Waals surface area contributed by atoms with Crippen molar-refractivity contribution in [3.05, 3.63) is 35.9 Å². The first-order chi connectivity index (χ1) is 9.30. The van der Waals surface area contributed by atoms with Crippen molar-refractivity contribution in [2.24, 2.45) is 5.92 Å². The number of alkyl halides is 3. The normalized spacial score (nSPS) is 13.3. The first-order valence-corrected chi connectivity index (χ1v) is 7.45. The molecule has 0 fully saturated rings. The molecule has 1 atom stereocenters. The summed E-state index contributed by atoms with van der Waals surface area (Å²) in [6.07, 6.45) is -0.692. The molecule has 0 heterocycles. The lowest BCUT2D eigenvalue weighted by Crippen LogP contribution is -2.41. The molecule has 20 heavy (non-hydrogen) atoms. The van der Waals surface area contributed by atoms with Crippen LogP contribution in [-0.4, -0.2) is 29.0 Å². The molecule has 0 aliphatic carbocycles. The molecular formula is C14H18Cl3NO2. The van der Waals surface area contributed by atoms with Gasteiger partial charge in [-0.15, -0.1) is 0 Å². The summed E-state index contributed by atoms with van der Waals surface area (Å²) in [5.41, 5.74) is 0.555. The number of hydrogen-bond acceptors (Lipinski definition) is 2. The van der Waals surface area contributed by atoms with Gasteiger partial charge < -0.3 is 10.1 Å². The number of hydrogen-bond donors (Lipinski definition) is 1. The summed E-state index contributed by atoms with van der Waals surface area (Å²) in [7, 11) is 0. The zero-order chi connectivity index (χ0) is 15.2. The predicted octanol–water partition coefficient (Wildman–Crippen LogP) is 3.83. The fraction of sp³-hybridized carbons (Fsp3) is 0.500. The highest BCUT2D eigenvalue weighted by Gasteiger charge is 2.34. The summed E-state index contributed by atoms with van der Waals surface area (Å²) in [5, 5.41) is 2.71. The monoisotopic (exact) mass is 337 g/mol. The van der Waals surface area contributed by atoms with Gasteiger partial charge in [-0.05, 0) is 18.1 Å². The maximum Gasteiger partial charge on any atom is 0.251 e. The van der Waals surface area contributed by atoms with E-state index in [2.05, 4.69) is 5.32 Å². The molecule has 1 aromatic carbocycles. The van der Waals surface area contributed by atoms with Crippen LogP contribution in [-0.2, 0) is 4.74 Å². The molecule has 0 bridgehead atoms. The number of carbonyl (C=O) groups excluding carboxylic acids is 1. The van der Waals surface area contributed by atoms with Crippen LogP contribution in [0.25, 0.3) is 0 Å². The molecule has 0 spiro atoms. The minimum absolute atomic E-state index is 0.136. The van der Waals surface area contributed by atoms with E-state index in [4.69, 9.17) is 39.5 Å². The molecule has 0 aliphatic heterocycles. The van der Waals surface area contributed by atoms with E-state index in [0.29, 0.717) is 18.1 Å². The summed E-state index contributed by atoms with van der Waals surface area (Å²) < 4.78 is 3.96. The standard InChI is InChI=1S/C14H18Cl3NO2/c1-10(2)9-20-12(14(15,16)17)8-18-13(19)11-6-4-3-5-7-11/h3-7,10,12H,8-9H2,1-2H3,(H,18,19)/t12-/m1/s1. The van der Waals surface area contributed by atoms with Crippen LogP contribution >= 0.6 is 34.8 Å². The van der Waals surface area contributed by atoms with E-state index in [9.17, 15) is 4.79 Å². The van der Waals surface area contributed by atoms with Gasteiger partial charge in [0.05, 0.1) is 0 Å². The van der Waals surface area contributed by atoms with Crippen molar-refractivity contribution in [1.82, 2.24) is 5.32 Å². The van der Waals surface area contributed by atoms with E-state index in [1.165, 1.54) is 0 Å². The molecule has 3 nitrogen and oxygen atoms in total. The van der Waals surface area contributed by atoms with Crippen LogP contribution in [0.2, 0.25) is 0 Å². The average Bonchev–Trinajstić information content (AvgIpc) is 2.37. The molecule has 1 rings (SSSR count). The molecule has 0 radical (unpaired) electrons. The Kier molecular flexibility index (Phi) is 7.10. The Labute approximate surface area is 134 Å². The summed E-state index contributed by atoms with van der Waals surface area (Å²) in [6, 6.07) is 8.85. The largest absolute Gasteiger partial charge is 0.372 e. The number of carbonyl (C=O) groups is 1. The third-order valence-corrected chi connectivity index (χ3v) is 3.21. The molecule has 0 unspecified atom stereocenters. The minimum Gasteiger partial charge on any atom is -0.372 e. The average molecular weight is 339 g/mol. The second-order valence-corrected chi connectivity index (χ2v) is 7.20. The number of ether oxygens (including phenoxy) is 1. The lowest BCUT2D eigenvalue weighted by atomic mass is 10.2. The zero-order valence-corrected chi connectivity index (χ0v) is 13.7. The van der Waals surface area contributed by atoms with Gasteiger partial charge in [0.15, 0.2) is 0 Å². The molecular weight excluding hydrogens is 321 g/mol. The molecule has 6 heteroatoms. The number of rotatable bonds is 6. The smallest absolute Gasteiger partial charge is 0.251 e. The highest BCUT2D eigenvalue weighted by atomic mass is 35.6. The van der Waals surface area contributed by atoms with Crippen LogP contribution in [0.4, 0.5) is 0 Å². The van der Waals surface area contributed by atoms with Gasteiger partial charge in [0.2, 0.25) is 3.79 Å². The summed E-state index contributed by atoms with van der Waals surface area (Å²) >= 11 is 17.6. The Hall–Kier alpha value is -0.480. The van der Waals surface area contributed by atoms with Crippen molar-refractivity contribution in [3.8, 4) is 0 Å². The molecule has 112 valence electrons. The van der Waals surface area contributed by atoms with E-state index in [1.807, 2.05) is 19.9 Å². The van der Waals surface area contributed by atoms with Gasteiger partial charge in [0.1, 0.15) is 6.10 Å². The van der Waals surface area contributed by atoms with Gasteiger partial charge in [-0.2, -0.15) is 0 Å². The summed E-state index contributed by atoms with van der Waals surface area (Å²) in [4.78, 5) is 11.9. The van der Waals surface area contributed by atoms with E-state index in [1.54, 1.807) is 24.3 Å². The molecule has 1 N–H and O–H groups in total. The van der Waals surface area contributed by atoms with Gasteiger partial charge in [-0.1, -0.05) is 66.8 Å². The number of benzene rings is 1. The Morgan fingerprint density at radius 3 is 2.35 bits per heavy atom. The van der Waals surface area contributed by atoms with Crippen LogP contribution in [0.15, 0.2) is 30.3 Å². The summed E-state index contributed by atoms with van der Waals surface area (Å²) in [6.45, 7) is 4.59. The van der Waals surface area contributed by atoms with E-state index < -0.39 is 9.90 Å². The lowest BCUT2D eigenvalue weighted by molar-refractivity contribution is 0.0375. The molecule has 0 saturated heterocycles. The van der Waals surface area contributed by atoms with Crippen LogP contribution < -0.4 is 5.32 Å². The first-order valence-electron chi connectivity index (χ1n) is 6.32. The Bertz CT molecular complexity index is 418. The van der Waals surface area contributed by atoms with Crippen LogP contribution in [0.3, 0.4) is 0 Å². The quantitative estimate of drug-likeness (QED) is 0.801. The lowest BCUT2D eigenvalue weighted by Gasteiger charge is -2.25. The molecule has 1 aromatic rings. The van der Waals surface area contributed by atoms with Crippen molar-refractivity contribution < 1.29 is 9.53 Å². The molecule has 0 aromatic heterocycles. The maximum atomic E-state index is 11.9. The van der Waals surface area contributed by atoms with E-state index in [0.717, 1.165) is 0 Å². The zero-order valence-electron chi connectivity index (χ0n) is 11.4. The Balaban J connectivity index is 2.56. The van der Waals surface area contributed by atoms with E-state index in [-0.39, 0.29) is 12.5 Å². The topological polar surface area (TPSA) is 38.3 Å². The molecule has 0 aliphatic rings. The Morgan fingerprint density at radius 2 is 1.85 bits per heavy atom. The van der Waals surface area contributed by atoms with Crippen LogP contribution in [0, 0.1) is 5.92 Å². The van der Waals surface area contributed by atoms with Gasteiger partial charge >= 0.3 is 0 Å². The predicted molar refractivity (Wildman–Crippen MR) is 83.6 cm³/mol. The van der Waals surface area contributed by atoms with E-state index >= 15 is 0 Å². The molecule has 1 amide bonds. The van der Waals surface area contributed by atoms with Gasteiger partial charge in [-0.3, -0.25) is 4.79 Å². The maximum absolute atomic E-state index is 11.9. The third-order valence-electron chi connectivity index (χ3n) is 2.48. The third kappa shape index (κ3) is 6.31. The highest BCUT2D eigenvalue weighted by molar-refractivity contribution is 6.68. The number of nitrogens with one attached hydrogen (secondary N) is 1. The van der Waals surface area contributed by atoms with Crippen LogP contribution in [0.5, 0.6) is 0 Å². The summed E-state index contributed by atoms with van der Waals surface area (Å²) in [5.74, 6) is 0.0904. The fourth-order valence-electron chi connectivity index (χ4n) is 1.45. The second-order valence-electron chi connectivity index (χ2n) is 4.83. The van der Waals surface area contributed by atoms with Crippen molar-refractivity contribution in [3.63, 3.8) is 0 Å². The van der Waals surface area contributed by atoms with Crippen LogP contribution in [0.1, 0.15) is 24.2 Å². The number of amides is 1. The van der Waals surface area contributed by atoms with Crippen molar-refractivity contribution >= 4 is 40.7 Å². The molecule has 0 saturated carbocycles. The fourth-order valence-corrected chi connectivity index (χ4v) is 1.88. The van der Waals surface area contributed by atoms with Gasteiger partial charge in [-0.25, -0.2) is 0 Å². The SMILES string of the molecule is CC(C)CO[C@H](CNC(=O)c1ccccc1)C(Cl)(Cl)Cl. The van der Waals surface area contributed by atoms with Crippen molar-refractivity contribution in [1.29, 1.82) is 0 Å².